The minimum absolute atomic E-state index is 0.161. The van der Waals surface area contributed by atoms with Crippen molar-refractivity contribution in [2.45, 2.75) is 5.92 Å². The molecule has 0 saturated heterocycles. The van der Waals surface area contributed by atoms with Crippen LogP contribution in [0.4, 0.5) is 0 Å². The van der Waals surface area contributed by atoms with Crippen LogP contribution in [0.3, 0.4) is 0 Å². The van der Waals surface area contributed by atoms with Crippen LogP contribution >= 0.6 is 0 Å². The summed E-state index contributed by atoms with van der Waals surface area (Å²) >= 11 is 0. The molecule has 4 nitrogen and oxygen atoms in total. The van der Waals surface area contributed by atoms with Gasteiger partial charge in [-0.3, -0.25) is 4.79 Å². The Bertz CT molecular complexity index is 308. The maximum Gasteiger partial charge on any atom is 0.314 e. The molecule has 0 bridgehead atoms. The van der Waals surface area contributed by atoms with Gasteiger partial charge in [0.05, 0.1) is 13.0 Å². The highest BCUT2D eigenvalue weighted by atomic mass is 16.5. The number of hydrogen-bond acceptors (Lipinski definition) is 4. The second-order valence-electron chi connectivity index (χ2n) is 2.90. The van der Waals surface area contributed by atoms with E-state index >= 15 is 0 Å². The molecule has 3 N–H and O–H groups in total. The van der Waals surface area contributed by atoms with Gasteiger partial charge < -0.3 is 15.6 Å². The summed E-state index contributed by atoms with van der Waals surface area (Å²) in [4.78, 5) is 11.3. The Kier molecular flexibility index (Phi) is 3.48. The fourth-order valence-corrected chi connectivity index (χ4v) is 1.22. The lowest BCUT2D eigenvalue weighted by Crippen LogP contribution is -2.22. The number of aromatic hydroxyl groups is 1. The van der Waals surface area contributed by atoms with Crippen LogP contribution in [-0.4, -0.2) is 24.7 Å². The van der Waals surface area contributed by atoms with E-state index in [9.17, 15) is 4.79 Å². The SMILES string of the molecule is COC(=O)[C@H](CN)c1ccc(O)cc1. The molecule has 0 aromatic heterocycles. The monoisotopic (exact) mass is 195 g/mol. The van der Waals surface area contributed by atoms with E-state index in [0.29, 0.717) is 0 Å². The predicted octanol–water partition coefficient (Wildman–Crippen LogP) is 0.607. The summed E-state index contributed by atoms with van der Waals surface area (Å²) in [7, 11) is 1.32. The summed E-state index contributed by atoms with van der Waals surface area (Å²) in [5.41, 5.74) is 6.20. The summed E-state index contributed by atoms with van der Waals surface area (Å²) in [5, 5.41) is 9.06. The molecule has 0 heterocycles. The third-order valence-corrected chi connectivity index (χ3v) is 2.02. The van der Waals surface area contributed by atoms with E-state index in [-0.39, 0.29) is 18.3 Å². The molecule has 0 unspecified atom stereocenters. The van der Waals surface area contributed by atoms with E-state index in [1.165, 1.54) is 19.2 Å². The number of carbonyl (C=O) groups is 1. The van der Waals surface area contributed by atoms with Crippen molar-refractivity contribution in [3.05, 3.63) is 29.8 Å². The average Bonchev–Trinajstić information content (AvgIpc) is 2.21. The van der Waals surface area contributed by atoms with Gasteiger partial charge in [-0.1, -0.05) is 12.1 Å². The van der Waals surface area contributed by atoms with Crippen molar-refractivity contribution in [2.24, 2.45) is 5.73 Å². The summed E-state index contributed by atoms with van der Waals surface area (Å²) in [6, 6.07) is 6.34. The van der Waals surface area contributed by atoms with Crippen molar-refractivity contribution in [1.82, 2.24) is 0 Å². The van der Waals surface area contributed by atoms with Crippen LogP contribution in [-0.2, 0) is 9.53 Å². The molecule has 4 heteroatoms. The highest BCUT2D eigenvalue weighted by Gasteiger charge is 2.19. The Morgan fingerprint density at radius 2 is 2.07 bits per heavy atom. The zero-order valence-electron chi connectivity index (χ0n) is 7.93. The standard InChI is InChI=1S/C10H13NO3/c1-14-10(13)9(6-11)7-2-4-8(12)5-3-7/h2-5,9,12H,6,11H2,1H3/t9-/m1/s1. The summed E-state index contributed by atoms with van der Waals surface area (Å²) in [6.45, 7) is 0.192. The Balaban J connectivity index is 2.89. The molecule has 1 aromatic rings. The zero-order valence-corrected chi connectivity index (χ0v) is 7.93. The lowest BCUT2D eigenvalue weighted by molar-refractivity contribution is -0.142. The fraction of sp³-hybridized carbons (Fsp3) is 0.300. The number of benzene rings is 1. The van der Waals surface area contributed by atoms with Gasteiger partial charge in [0.15, 0.2) is 0 Å². The molecule has 0 aliphatic heterocycles. The van der Waals surface area contributed by atoms with E-state index in [1.807, 2.05) is 0 Å². The van der Waals surface area contributed by atoms with Crippen LogP contribution in [0.5, 0.6) is 5.75 Å². The molecular formula is C10H13NO3. The first-order valence-corrected chi connectivity index (χ1v) is 4.26. The molecule has 0 aliphatic carbocycles. The summed E-state index contributed by atoms with van der Waals surface area (Å²) in [5.74, 6) is -0.659. The predicted molar refractivity (Wildman–Crippen MR) is 51.9 cm³/mol. The molecule has 0 amide bonds. The first kappa shape index (κ1) is 10.5. The lowest BCUT2D eigenvalue weighted by Gasteiger charge is -2.12. The smallest absolute Gasteiger partial charge is 0.314 e. The van der Waals surface area contributed by atoms with E-state index in [0.717, 1.165) is 5.56 Å². The van der Waals surface area contributed by atoms with Crippen molar-refractivity contribution in [1.29, 1.82) is 0 Å². The molecule has 1 aromatic carbocycles. The normalized spacial score (nSPS) is 12.1. The number of rotatable bonds is 3. The topological polar surface area (TPSA) is 72.5 Å². The van der Waals surface area contributed by atoms with Crippen molar-refractivity contribution in [2.75, 3.05) is 13.7 Å². The molecule has 76 valence electrons. The fourth-order valence-electron chi connectivity index (χ4n) is 1.22. The van der Waals surface area contributed by atoms with E-state index in [4.69, 9.17) is 10.8 Å². The number of phenolic OH excluding ortho intramolecular Hbond substituents is 1. The van der Waals surface area contributed by atoms with Crippen LogP contribution in [0, 0.1) is 0 Å². The zero-order chi connectivity index (χ0) is 10.6. The number of esters is 1. The third-order valence-electron chi connectivity index (χ3n) is 2.02. The number of ether oxygens (including phenoxy) is 1. The number of carbonyl (C=O) groups excluding carboxylic acids is 1. The van der Waals surface area contributed by atoms with E-state index < -0.39 is 5.92 Å². The largest absolute Gasteiger partial charge is 0.508 e. The second kappa shape index (κ2) is 4.62. The van der Waals surface area contributed by atoms with Gasteiger partial charge in [-0.15, -0.1) is 0 Å². The number of phenols is 1. The van der Waals surface area contributed by atoms with Crippen molar-refractivity contribution < 1.29 is 14.6 Å². The van der Waals surface area contributed by atoms with E-state index in [2.05, 4.69) is 4.74 Å². The quantitative estimate of drug-likeness (QED) is 0.693. The number of nitrogens with two attached hydrogens (primary N) is 1. The Labute approximate surface area is 82.3 Å². The van der Waals surface area contributed by atoms with Gasteiger partial charge in [0, 0.05) is 6.54 Å². The second-order valence-corrected chi connectivity index (χ2v) is 2.90. The van der Waals surface area contributed by atoms with Crippen molar-refractivity contribution in [3.63, 3.8) is 0 Å². The Hall–Kier alpha value is -1.55. The van der Waals surface area contributed by atoms with Crippen molar-refractivity contribution in [3.8, 4) is 5.75 Å². The van der Waals surface area contributed by atoms with Crippen LogP contribution in [0.15, 0.2) is 24.3 Å². The summed E-state index contributed by atoms with van der Waals surface area (Å²) in [6.07, 6.45) is 0. The van der Waals surface area contributed by atoms with Gasteiger partial charge in [-0.05, 0) is 17.7 Å². The van der Waals surface area contributed by atoms with Gasteiger partial charge in [0.25, 0.3) is 0 Å². The van der Waals surface area contributed by atoms with Gasteiger partial charge in [0.2, 0.25) is 0 Å². The molecule has 1 atom stereocenters. The van der Waals surface area contributed by atoms with Gasteiger partial charge in [0.1, 0.15) is 5.75 Å². The van der Waals surface area contributed by atoms with Crippen molar-refractivity contribution >= 4 is 5.97 Å². The lowest BCUT2D eigenvalue weighted by atomic mass is 9.99. The first-order valence-electron chi connectivity index (χ1n) is 4.26. The molecule has 0 radical (unpaired) electrons. The minimum atomic E-state index is -0.458. The van der Waals surface area contributed by atoms with Crippen LogP contribution < -0.4 is 5.73 Å². The highest BCUT2D eigenvalue weighted by molar-refractivity contribution is 5.78. The van der Waals surface area contributed by atoms with Gasteiger partial charge in [-0.2, -0.15) is 0 Å². The molecule has 0 saturated carbocycles. The number of methoxy groups -OCH3 is 1. The number of hydrogen-bond donors (Lipinski definition) is 2. The Morgan fingerprint density at radius 3 is 2.50 bits per heavy atom. The molecule has 0 spiro atoms. The maximum atomic E-state index is 11.3. The minimum Gasteiger partial charge on any atom is -0.508 e. The molecule has 1 rings (SSSR count). The molecule has 14 heavy (non-hydrogen) atoms. The Morgan fingerprint density at radius 1 is 1.50 bits per heavy atom. The van der Waals surface area contributed by atoms with E-state index in [1.54, 1.807) is 12.1 Å². The summed E-state index contributed by atoms with van der Waals surface area (Å²) < 4.78 is 4.61. The van der Waals surface area contributed by atoms with Gasteiger partial charge in [-0.25, -0.2) is 0 Å². The molecule has 0 fully saturated rings. The van der Waals surface area contributed by atoms with Crippen LogP contribution in [0.1, 0.15) is 11.5 Å². The maximum absolute atomic E-state index is 11.3. The average molecular weight is 195 g/mol. The first-order chi connectivity index (χ1) is 6.69. The van der Waals surface area contributed by atoms with Gasteiger partial charge >= 0.3 is 5.97 Å². The molecular weight excluding hydrogens is 182 g/mol. The molecule has 0 aliphatic rings. The van der Waals surface area contributed by atoms with Crippen LogP contribution in [0.25, 0.3) is 0 Å². The van der Waals surface area contributed by atoms with Crippen LogP contribution in [0.2, 0.25) is 0 Å². The third kappa shape index (κ3) is 2.23. The highest BCUT2D eigenvalue weighted by Crippen LogP contribution is 2.18.